The van der Waals surface area contributed by atoms with Crippen LogP contribution >= 0.6 is 0 Å². The molecule has 0 aromatic carbocycles. The lowest BCUT2D eigenvalue weighted by atomic mass is 10.1. The lowest BCUT2D eigenvalue weighted by Crippen LogP contribution is -2.32. The first kappa shape index (κ1) is 14.7. The Morgan fingerprint density at radius 1 is 1.64 bits per heavy atom. The minimum atomic E-state index is -0.223. The summed E-state index contributed by atoms with van der Waals surface area (Å²) >= 11 is 0. The first-order chi connectivity index (χ1) is 10.8. The minimum Gasteiger partial charge on any atom is -0.383 e. The molecule has 3 heterocycles. The number of aromatic amines is 1. The summed E-state index contributed by atoms with van der Waals surface area (Å²) in [7, 11) is 1.67. The highest BCUT2D eigenvalue weighted by Gasteiger charge is 2.25. The second-order valence-corrected chi connectivity index (χ2v) is 5.09. The van der Waals surface area contributed by atoms with Gasteiger partial charge in [-0.3, -0.25) is 14.6 Å². The van der Waals surface area contributed by atoms with E-state index in [2.05, 4.69) is 20.6 Å². The maximum Gasteiger partial charge on any atom is 0.269 e. The molecule has 2 aromatic heterocycles. The maximum atomic E-state index is 11.9. The molecule has 1 unspecified atom stereocenters. The Labute approximate surface area is 127 Å². The number of nitrogens with one attached hydrogen (secondary N) is 2. The number of carbonyl (C=O) groups excluding carboxylic acids is 1. The molecule has 8 heteroatoms. The third-order valence-corrected chi connectivity index (χ3v) is 3.58. The Morgan fingerprint density at radius 3 is 3.32 bits per heavy atom. The van der Waals surface area contributed by atoms with Crippen LogP contribution in [0.5, 0.6) is 0 Å². The van der Waals surface area contributed by atoms with Gasteiger partial charge in [0.05, 0.1) is 25.5 Å². The Bertz CT molecular complexity index is 622. The number of H-pyrrole nitrogens is 1. The molecular formula is C14H19N5O3. The van der Waals surface area contributed by atoms with E-state index in [1.807, 2.05) is 10.9 Å². The van der Waals surface area contributed by atoms with Gasteiger partial charge in [-0.25, -0.2) is 0 Å². The molecule has 118 valence electrons. The summed E-state index contributed by atoms with van der Waals surface area (Å²) in [5.74, 6) is -0.202. The van der Waals surface area contributed by atoms with Gasteiger partial charge in [0.15, 0.2) is 0 Å². The molecule has 1 amide bonds. The second-order valence-electron chi connectivity index (χ2n) is 5.09. The fourth-order valence-electron chi connectivity index (χ4n) is 2.45. The van der Waals surface area contributed by atoms with Crippen LogP contribution in [0.25, 0.3) is 0 Å². The van der Waals surface area contributed by atoms with Crippen LogP contribution in [-0.4, -0.2) is 52.8 Å². The average molecular weight is 305 g/mol. The Morgan fingerprint density at radius 2 is 2.55 bits per heavy atom. The van der Waals surface area contributed by atoms with Gasteiger partial charge in [-0.05, 0) is 18.1 Å². The summed E-state index contributed by atoms with van der Waals surface area (Å²) in [5.41, 5.74) is 2.50. The zero-order chi connectivity index (χ0) is 15.4. The van der Waals surface area contributed by atoms with Crippen molar-refractivity contribution in [1.82, 2.24) is 25.3 Å². The van der Waals surface area contributed by atoms with Gasteiger partial charge in [0.1, 0.15) is 11.8 Å². The average Bonchev–Trinajstić information content (AvgIpc) is 3.19. The van der Waals surface area contributed by atoms with Gasteiger partial charge in [-0.1, -0.05) is 0 Å². The number of amides is 1. The number of hydrogen-bond donors (Lipinski definition) is 2. The van der Waals surface area contributed by atoms with Crippen LogP contribution in [0.1, 0.15) is 27.8 Å². The van der Waals surface area contributed by atoms with Crippen LogP contribution in [0.2, 0.25) is 0 Å². The molecule has 0 saturated carbocycles. The fraction of sp³-hybridized carbons (Fsp3) is 0.500. The third kappa shape index (κ3) is 3.18. The molecule has 0 bridgehead atoms. The molecule has 0 spiro atoms. The number of hydrogen-bond acceptors (Lipinski definition) is 5. The van der Waals surface area contributed by atoms with E-state index in [9.17, 15) is 4.79 Å². The monoisotopic (exact) mass is 305 g/mol. The van der Waals surface area contributed by atoms with E-state index in [-0.39, 0.29) is 12.0 Å². The number of fused-ring (bicyclic) bond motifs is 1. The van der Waals surface area contributed by atoms with E-state index in [0.717, 1.165) is 12.1 Å². The zero-order valence-electron chi connectivity index (χ0n) is 12.4. The van der Waals surface area contributed by atoms with Crippen LogP contribution in [0.3, 0.4) is 0 Å². The number of methoxy groups -OCH3 is 1. The molecule has 0 saturated heterocycles. The van der Waals surface area contributed by atoms with Crippen molar-refractivity contribution in [1.29, 1.82) is 0 Å². The van der Waals surface area contributed by atoms with E-state index in [1.54, 1.807) is 19.4 Å². The Hall–Kier alpha value is -2.19. The lowest BCUT2D eigenvalue weighted by Gasteiger charge is -2.22. The van der Waals surface area contributed by atoms with Gasteiger partial charge in [0.2, 0.25) is 0 Å². The fourth-order valence-corrected chi connectivity index (χ4v) is 2.45. The number of aromatic nitrogens is 4. The molecule has 1 atom stereocenters. The van der Waals surface area contributed by atoms with Gasteiger partial charge in [0, 0.05) is 26.0 Å². The highest BCUT2D eigenvalue weighted by Crippen LogP contribution is 2.25. The quantitative estimate of drug-likeness (QED) is 0.800. The van der Waals surface area contributed by atoms with Crippen LogP contribution < -0.4 is 5.32 Å². The third-order valence-electron chi connectivity index (χ3n) is 3.58. The molecule has 1 aliphatic heterocycles. The smallest absolute Gasteiger partial charge is 0.269 e. The van der Waals surface area contributed by atoms with Crippen molar-refractivity contribution >= 4 is 5.91 Å². The predicted octanol–water partition coefficient (Wildman–Crippen LogP) is 0.296. The molecule has 8 nitrogen and oxygen atoms in total. The van der Waals surface area contributed by atoms with E-state index < -0.39 is 0 Å². The summed E-state index contributed by atoms with van der Waals surface area (Å²) in [6.45, 7) is 2.33. The van der Waals surface area contributed by atoms with Gasteiger partial charge in [0.25, 0.3) is 5.91 Å². The van der Waals surface area contributed by atoms with Crippen LogP contribution in [-0.2, 0) is 22.4 Å². The standard InChI is InChI=1S/C14H19N5O3/c1-21-7-5-19-9-10-3-6-22-12(13(10)18-19)8-15-14(20)11-2-4-16-17-11/h2,4,9,12H,3,5-8H2,1H3,(H,15,20)(H,16,17). The summed E-state index contributed by atoms with van der Waals surface area (Å²) in [6.07, 6.45) is 4.19. The minimum absolute atomic E-state index is 0.202. The maximum absolute atomic E-state index is 11.9. The van der Waals surface area contributed by atoms with Gasteiger partial charge >= 0.3 is 0 Å². The molecule has 0 radical (unpaired) electrons. The SMILES string of the molecule is COCCn1cc2c(n1)C(CNC(=O)c1ccn[nH]1)OCC2. The topological polar surface area (TPSA) is 94.1 Å². The number of carbonyl (C=O) groups is 1. The second kappa shape index (κ2) is 6.71. The summed E-state index contributed by atoms with van der Waals surface area (Å²) in [5, 5.41) is 13.8. The predicted molar refractivity (Wildman–Crippen MR) is 77.4 cm³/mol. The van der Waals surface area contributed by atoms with Gasteiger partial charge in [-0.2, -0.15) is 10.2 Å². The summed E-state index contributed by atoms with van der Waals surface area (Å²) in [4.78, 5) is 11.9. The zero-order valence-corrected chi connectivity index (χ0v) is 12.4. The van der Waals surface area contributed by atoms with Crippen molar-refractivity contribution < 1.29 is 14.3 Å². The lowest BCUT2D eigenvalue weighted by molar-refractivity contribution is 0.0382. The normalized spacial score (nSPS) is 17.2. The van der Waals surface area contributed by atoms with E-state index in [0.29, 0.717) is 32.0 Å². The van der Waals surface area contributed by atoms with Crippen LogP contribution in [0.4, 0.5) is 0 Å². The Kier molecular flexibility index (Phi) is 4.50. The van der Waals surface area contributed by atoms with E-state index in [1.165, 1.54) is 5.56 Å². The van der Waals surface area contributed by atoms with Crippen molar-refractivity contribution in [2.24, 2.45) is 0 Å². The highest BCUT2D eigenvalue weighted by atomic mass is 16.5. The van der Waals surface area contributed by atoms with Crippen molar-refractivity contribution in [3.63, 3.8) is 0 Å². The molecule has 22 heavy (non-hydrogen) atoms. The van der Waals surface area contributed by atoms with Gasteiger partial charge < -0.3 is 14.8 Å². The van der Waals surface area contributed by atoms with Crippen molar-refractivity contribution in [2.45, 2.75) is 19.1 Å². The van der Waals surface area contributed by atoms with Crippen LogP contribution in [0.15, 0.2) is 18.5 Å². The molecule has 0 aliphatic carbocycles. The van der Waals surface area contributed by atoms with Crippen molar-refractivity contribution in [3.05, 3.63) is 35.4 Å². The van der Waals surface area contributed by atoms with Gasteiger partial charge in [-0.15, -0.1) is 0 Å². The summed E-state index contributed by atoms with van der Waals surface area (Å²) < 4.78 is 12.7. The molecule has 2 aromatic rings. The van der Waals surface area contributed by atoms with E-state index in [4.69, 9.17) is 9.47 Å². The highest BCUT2D eigenvalue weighted by molar-refractivity contribution is 5.92. The van der Waals surface area contributed by atoms with E-state index >= 15 is 0 Å². The molecule has 0 fully saturated rings. The van der Waals surface area contributed by atoms with Crippen molar-refractivity contribution in [3.8, 4) is 0 Å². The molecule has 1 aliphatic rings. The van der Waals surface area contributed by atoms with Crippen LogP contribution in [0, 0.1) is 0 Å². The van der Waals surface area contributed by atoms with Crippen molar-refractivity contribution in [2.75, 3.05) is 26.9 Å². The Balaban J connectivity index is 1.64. The number of ether oxygens (including phenoxy) is 2. The molecule has 2 N–H and O–H groups in total. The number of rotatable bonds is 6. The first-order valence-corrected chi connectivity index (χ1v) is 7.22. The number of nitrogens with zero attached hydrogens (tertiary/aromatic N) is 3. The first-order valence-electron chi connectivity index (χ1n) is 7.22. The largest absolute Gasteiger partial charge is 0.383 e. The molecular weight excluding hydrogens is 286 g/mol. The summed E-state index contributed by atoms with van der Waals surface area (Å²) in [6, 6.07) is 1.63. The molecule has 3 rings (SSSR count).